The van der Waals surface area contributed by atoms with E-state index in [4.69, 9.17) is 37.0 Å². The molecule has 0 aromatic rings. The van der Waals surface area contributed by atoms with E-state index in [1.807, 2.05) is 0 Å². The first-order valence-corrected chi connectivity index (χ1v) is 38.6. The second kappa shape index (κ2) is 61.6. The summed E-state index contributed by atoms with van der Waals surface area (Å²) in [7, 11) is -9.89. The second-order valence-corrected chi connectivity index (χ2v) is 27.9. The first-order chi connectivity index (χ1) is 42.0. The maximum absolute atomic E-state index is 13.0. The SMILES string of the molecule is CCCCCCCCCCCCCCCCCC(=O)O[C@H](COC(=O)CCCCCCCCCCCCCC)COP(=O)(O)OC[C@@H](O)COP(=O)(O)OC[C@@H](COC(=O)CCCCCCCCCCC)OC(=O)CCCCCCCCCCC(C)C. The zero-order valence-corrected chi connectivity index (χ0v) is 57.9. The van der Waals surface area contributed by atoms with Crippen LogP contribution in [0.4, 0.5) is 0 Å². The fourth-order valence-corrected chi connectivity index (χ4v) is 11.9. The highest BCUT2D eigenvalue weighted by atomic mass is 31.2. The van der Waals surface area contributed by atoms with Gasteiger partial charge in [0.15, 0.2) is 12.2 Å². The summed E-state index contributed by atoms with van der Waals surface area (Å²) < 4.78 is 68.2. The van der Waals surface area contributed by atoms with Crippen LogP contribution >= 0.6 is 15.6 Å². The van der Waals surface area contributed by atoms with Gasteiger partial charge in [-0.1, -0.05) is 298 Å². The predicted molar refractivity (Wildman–Crippen MR) is 349 cm³/mol. The lowest BCUT2D eigenvalue weighted by atomic mass is 10.0. The van der Waals surface area contributed by atoms with Crippen molar-refractivity contribution >= 4 is 39.5 Å². The van der Waals surface area contributed by atoms with Crippen molar-refractivity contribution in [2.75, 3.05) is 39.6 Å². The zero-order chi connectivity index (χ0) is 64.2. The fraction of sp³-hybridized carbons (Fsp3) is 0.941. The first-order valence-electron chi connectivity index (χ1n) is 35.6. The Kier molecular flexibility index (Phi) is 60.2. The Morgan fingerprint density at radius 2 is 0.529 bits per heavy atom. The van der Waals surface area contributed by atoms with Crippen LogP contribution in [0.25, 0.3) is 0 Å². The molecule has 0 radical (unpaired) electrons. The molecule has 0 fully saturated rings. The molecule has 0 rings (SSSR count). The molecule has 19 heteroatoms. The molecule has 0 aliphatic carbocycles. The van der Waals surface area contributed by atoms with Gasteiger partial charge in [-0.3, -0.25) is 37.3 Å². The highest BCUT2D eigenvalue weighted by Crippen LogP contribution is 2.45. The largest absolute Gasteiger partial charge is 0.472 e. The average Bonchev–Trinajstić information content (AvgIpc) is 3.67. The van der Waals surface area contributed by atoms with E-state index in [-0.39, 0.29) is 25.7 Å². The van der Waals surface area contributed by atoms with Crippen molar-refractivity contribution in [1.29, 1.82) is 0 Å². The molecule has 87 heavy (non-hydrogen) atoms. The van der Waals surface area contributed by atoms with Crippen LogP contribution < -0.4 is 0 Å². The summed E-state index contributed by atoms with van der Waals surface area (Å²) in [4.78, 5) is 72.4. The average molecular weight is 1280 g/mol. The normalized spacial score (nSPS) is 14.1. The van der Waals surface area contributed by atoms with E-state index in [1.165, 1.54) is 173 Å². The fourth-order valence-electron chi connectivity index (χ4n) is 10.3. The Morgan fingerprint density at radius 3 is 0.782 bits per heavy atom. The molecule has 5 atom stereocenters. The monoisotopic (exact) mass is 1280 g/mol. The van der Waals surface area contributed by atoms with Crippen LogP contribution in [0.5, 0.6) is 0 Å². The molecule has 0 aromatic carbocycles. The number of hydrogen-bond donors (Lipinski definition) is 3. The van der Waals surface area contributed by atoms with Crippen LogP contribution in [0.3, 0.4) is 0 Å². The number of rotatable bonds is 68. The Hall–Kier alpha value is -1.94. The number of phosphoric acid groups is 2. The summed E-state index contributed by atoms with van der Waals surface area (Å²) in [6, 6.07) is 0. The highest BCUT2D eigenvalue weighted by Gasteiger charge is 2.30. The maximum atomic E-state index is 13.0. The molecule has 0 aromatic heterocycles. The maximum Gasteiger partial charge on any atom is 0.472 e. The van der Waals surface area contributed by atoms with E-state index < -0.39 is 97.5 Å². The molecular weight excluding hydrogens is 1150 g/mol. The van der Waals surface area contributed by atoms with Crippen LogP contribution in [0.15, 0.2) is 0 Å². The van der Waals surface area contributed by atoms with Crippen LogP contribution in [0.1, 0.15) is 349 Å². The van der Waals surface area contributed by atoms with Gasteiger partial charge in [0.1, 0.15) is 19.3 Å². The van der Waals surface area contributed by atoms with Gasteiger partial charge < -0.3 is 33.8 Å². The summed E-state index contributed by atoms with van der Waals surface area (Å²) in [5.41, 5.74) is 0. The van der Waals surface area contributed by atoms with Crippen LogP contribution in [0, 0.1) is 5.92 Å². The van der Waals surface area contributed by atoms with Crippen LogP contribution in [0.2, 0.25) is 0 Å². The molecule has 0 saturated heterocycles. The Balaban J connectivity index is 5.23. The molecule has 0 heterocycles. The third-order valence-corrected chi connectivity index (χ3v) is 17.7. The van der Waals surface area contributed by atoms with E-state index in [0.717, 1.165) is 95.8 Å². The number of carbonyl (C=O) groups is 4. The van der Waals surface area contributed by atoms with E-state index in [0.29, 0.717) is 25.7 Å². The topological polar surface area (TPSA) is 237 Å². The van der Waals surface area contributed by atoms with Gasteiger partial charge in [0.25, 0.3) is 0 Å². The molecule has 516 valence electrons. The molecule has 0 amide bonds. The van der Waals surface area contributed by atoms with Crippen molar-refractivity contribution in [1.82, 2.24) is 0 Å². The smallest absolute Gasteiger partial charge is 0.462 e. The quantitative estimate of drug-likeness (QED) is 0.0222. The predicted octanol–water partition coefficient (Wildman–Crippen LogP) is 19.4. The summed E-state index contributed by atoms with van der Waals surface area (Å²) >= 11 is 0. The van der Waals surface area contributed by atoms with Crippen molar-refractivity contribution < 1.29 is 80.2 Å². The first kappa shape index (κ1) is 85.1. The molecule has 0 aliphatic heterocycles. The lowest BCUT2D eigenvalue weighted by Crippen LogP contribution is -2.30. The van der Waals surface area contributed by atoms with Crippen LogP contribution in [-0.2, 0) is 65.4 Å². The summed E-state index contributed by atoms with van der Waals surface area (Å²) in [6.07, 6.45) is 47.1. The minimum absolute atomic E-state index is 0.105. The Morgan fingerprint density at radius 1 is 0.310 bits per heavy atom. The number of aliphatic hydroxyl groups excluding tert-OH is 1. The van der Waals surface area contributed by atoms with Gasteiger partial charge in [0, 0.05) is 25.7 Å². The number of aliphatic hydroxyl groups is 1. The van der Waals surface area contributed by atoms with Gasteiger partial charge in [0.05, 0.1) is 26.4 Å². The summed E-state index contributed by atoms with van der Waals surface area (Å²) in [5.74, 6) is -1.41. The number of carbonyl (C=O) groups excluding carboxylic acids is 4. The molecule has 0 bridgehead atoms. The highest BCUT2D eigenvalue weighted by molar-refractivity contribution is 7.47. The molecule has 2 unspecified atom stereocenters. The van der Waals surface area contributed by atoms with E-state index in [1.54, 1.807) is 0 Å². The van der Waals surface area contributed by atoms with E-state index >= 15 is 0 Å². The lowest BCUT2D eigenvalue weighted by Gasteiger charge is -2.21. The standard InChI is InChI=1S/C68H132O17P2/c1-6-9-12-15-18-21-23-25-26-27-29-32-38-43-48-53-67(72)84-63(58-79-66(71)52-47-42-37-31-28-24-22-19-16-13-10-7-2)59-82-86(74,75)80-55-62(69)56-81-87(76,77)83-60-64(57-78-65(70)51-46-41-36-30-20-17-14-11-8-3)85-68(73)54-49-44-39-34-33-35-40-45-50-61(4)5/h61-64,69H,6-60H2,1-5H3,(H,74,75)(H,76,77)/t62-,63-,64-/m1/s1. The summed E-state index contributed by atoms with van der Waals surface area (Å²) in [5, 5.41) is 10.6. The van der Waals surface area contributed by atoms with Crippen molar-refractivity contribution in [3.05, 3.63) is 0 Å². The van der Waals surface area contributed by atoms with Crippen molar-refractivity contribution in [2.24, 2.45) is 5.92 Å². The molecule has 0 saturated carbocycles. The molecular formula is C68H132O17P2. The third kappa shape index (κ3) is 62.6. The molecule has 0 spiro atoms. The Labute approximate surface area is 530 Å². The van der Waals surface area contributed by atoms with Crippen molar-refractivity contribution in [3.63, 3.8) is 0 Å². The second-order valence-electron chi connectivity index (χ2n) is 25.0. The summed E-state index contributed by atoms with van der Waals surface area (Å²) in [6.45, 7) is 7.18. The van der Waals surface area contributed by atoms with E-state index in [9.17, 15) is 43.2 Å². The van der Waals surface area contributed by atoms with Gasteiger partial charge >= 0.3 is 39.5 Å². The van der Waals surface area contributed by atoms with Crippen molar-refractivity contribution in [2.45, 2.75) is 368 Å². The number of ether oxygens (including phenoxy) is 4. The number of hydrogen-bond acceptors (Lipinski definition) is 15. The minimum Gasteiger partial charge on any atom is -0.462 e. The van der Waals surface area contributed by atoms with E-state index in [2.05, 4.69) is 34.6 Å². The van der Waals surface area contributed by atoms with Gasteiger partial charge in [-0.25, -0.2) is 9.13 Å². The van der Waals surface area contributed by atoms with Crippen molar-refractivity contribution in [3.8, 4) is 0 Å². The number of esters is 4. The van der Waals surface area contributed by atoms with Gasteiger partial charge in [-0.2, -0.15) is 0 Å². The molecule has 0 aliphatic rings. The van der Waals surface area contributed by atoms with Crippen LogP contribution in [-0.4, -0.2) is 96.7 Å². The van der Waals surface area contributed by atoms with Gasteiger partial charge in [-0.05, 0) is 31.6 Å². The lowest BCUT2D eigenvalue weighted by molar-refractivity contribution is -0.161. The van der Waals surface area contributed by atoms with Gasteiger partial charge in [0.2, 0.25) is 0 Å². The zero-order valence-electron chi connectivity index (χ0n) is 56.2. The molecule has 3 N–H and O–H groups in total. The Bertz CT molecular complexity index is 1690. The third-order valence-electron chi connectivity index (χ3n) is 15.8. The molecule has 17 nitrogen and oxygen atoms in total. The minimum atomic E-state index is -4.95. The number of unbranched alkanes of at least 4 members (excludes halogenated alkanes) is 40. The van der Waals surface area contributed by atoms with Gasteiger partial charge in [-0.15, -0.1) is 0 Å². The number of phosphoric ester groups is 2.